The molecule has 21 heavy (non-hydrogen) atoms. The van der Waals surface area contributed by atoms with Gasteiger partial charge < -0.3 is 5.11 Å². The maximum absolute atomic E-state index is 12.4. The van der Waals surface area contributed by atoms with Gasteiger partial charge in [-0.25, -0.2) is 13.4 Å². The van der Waals surface area contributed by atoms with E-state index in [1.54, 1.807) is 0 Å². The average molecular weight is 324 g/mol. The third-order valence-corrected chi connectivity index (χ3v) is 4.95. The van der Waals surface area contributed by atoms with Gasteiger partial charge in [0.25, 0.3) is 10.0 Å². The Bertz CT molecular complexity index is 642. The highest BCUT2D eigenvalue weighted by molar-refractivity contribution is 7.89. The van der Waals surface area contributed by atoms with Gasteiger partial charge in [0.05, 0.1) is 5.56 Å². The van der Waals surface area contributed by atoms with E-state index in [0.29, 0.717) is 18.7 Å². The Morgan fingerprint density at radius 1 is 1.38 bits per heavy atom. The van der Waals surface area contributed by atoms with Gasteiger partial charge in [-0.05, 0) is 25.0 Å². The van der Waals surface area contributed by atoms with Crippen LogP contribution in [0, 0.1) is 0 Å². The minimum absolute atomic E-state index is 0.00199. The molecule has 6 nitrogen and oxygen atoms in total. The van der Waals surface area contributed by atoms with E-state index in [9.17, 15) is 26.4 Å². The number of halogens is 3. The van der Waals surface area contributed by atoms with E-state index in [1.165, 1.54) is 0 Å². The third-order valence-electron chi connectivity index (χ3n) is 3.13. The van der Waals surface area contributed by atoms with Gasteiger partial charge >= 0.3 is 12.1 Å². The van der Waals surface area contributed by atoms with E-state index in [-0.39, 0.29) is 13.0 Å². The molecule has 1 aromatic rings. The second kappa shape index (κ2) is 5.26. The van der Waals surface area contributed by atoms with Crippen LogP contribution in [0.5, 0.6) is 0 Å². The highest BCUT2D eigenvalue weighted by Crippen LogP contribution is 2.30. The lowest BCUT2D eigenvalue weighted by molar-refractivity contribution is -0.140. The van der Waals surface area contributed by atoms with Crippen molar-refractivity contribution in [3.8, 4) is 0 Å². The summed E-state index contributed by atoms with van der Waals surface area (Å²) in [6.07, 6.45) is -3.67. The number of alkyl halides is 3. The molecule has 2 heterocycles. The number of carbonyl (C=O) groups is 1. The summed E-state index contributed by atoms with van der Waals surface area (Å²) in [5.74, 6) is -1.29. The number of carboxylic acid groups (broad SMARTS) is 1. The quantitative estimate of drug-likeness (QED) is 0.906. The van der Waals surface area contributed by atoms with Crippen molar-refractivity contribution in [2.75, 3.05) is 6.54 Å². The van der Waals surface area contributed by atoms with Gasteiger partial charge in [0.2, 0.25) is 0 Å². The van der Waals surface area contributed by atoms with Crippen molar-refractivity contribution in [2.24, 2.45) is 0 Å². The zero-order valence-corrected chi connectivity index (χ0v) is 11.4. The molecular weight excluding hydrogens is 313 g/mol. The molecule has 0 amide bonds. The van der Waals surface area contributed by atoms with Crippen LogP contribution in [-0.2, 0) is 21.0 Å². The molecule has 0 aromatic carbocycles. The Labute approximate surface area is 118 Å². The number of aliphatic carboxylic acids is 1. The fourth-order valence-electron chi connectivity index (χ4n) is 2.10. The predicted molar refractivity (Wildman–Crippen MR) is 63.8 cm³/mol. The first-order valence-corrected chi connectivity index (χ1v) is 7.36. The van der Waals surface area contributed by atoms with Crippen LogP contribution >= 0.6 is 0 Å². The Morgan fingerprint density at radius 3 is 2.52 bits per heavy atom. The zero-order valence-electron chi connectivity index (χ0n) is 10.5. The summed E-state index contributed by atoms with van der Waals surface area (Å²) in [5.41, 5.74) is -1.07. The van der Waals surface area contributed by atoms with E-state index < -0.39 is 38.8 Å². The van der Waals surface area contributed by atoms with Gasteiger partial charge in [0.1, 0.15) is 6.04 Å². The van der Waals surface area contributed by atoms with Crippen LogP contribution in [0.2, 0.25) is 0 Å². The minimum atomic E-state index is -4.62. The highest BCUT2D eigenvalue weighted by Gasteiger charge is 2.40. The van der Waals surface area contributed by atoms with Crippen molar-refractivity contribution < 1.29 is 31.5 Å². The highest BCUT2D eigenvalue weighted by atomic mass is 32.2. The lowest BCUT2D eigenvalue weighted by Gasteiger charge is -2.20. The van der Waals surface area contributed by atoms with Crippen LogP contribution in [0.3, 0.4) is 0 Å². The van der Waals surface area contributed by atoms with Crippen LogP contribution < -0.4 is 0 Å². The first kappa shape index (κ1) is 15.7. The Balaban J connectivity index is 2.34. The molecule has 0 bridgehead atoms. The molecule has 1 atom stereocenters. The van der Waals surface area contributed by atoms with Crippen molar-refractivity contribution >= 4 is 16.0 Å². The Morgan fingerprint density at radius 2 is 2.05 bits per heavy atom. The number of nitrogens with zero attached hydrogens (tertiary/aromatic N) is 2. The molecule has 0 saturated carbocycles. The predicted octanol–water partition coefficient (Wildman–Crippen LogP) is 1.34. The van der Waals surface area contributed by atoms with Gasteiger partial charge in [0, 0.05) is 12.7 Å². The molecule has 0 spiro atoms. The van der Waals surface area contributed by atoms with E-state index in [4.69, 9.17) is 5.11 Å². The Kier molecular flexibility index (Phi) is 3.93. The molecule has 0 radical (unpaired) electrons. The second-order valence-corrected chi connectivity index (χ2v) is 6.33. The van der Waals surface area contributed by atoms with Crippen LogP contribution in [0.1, 0.15) is 18.4 Å². The van der Waals surface area contributed by atoms with Crippen LogP contribution in [0.15, 0.2) is 23.4 Å². The molecule has 1 aliphatic heterocycles. The van der Waals surface area contributed by atoms with Gasteiger partial charge in [-0.15, -0.1) is 0 Å². The molecule has 1 N–H and O–H groups in total. The molecule has 10 heteroatoms. The Hall–Kier alpha value is -1.68. The minimum Gasteiger partial charge on any atom is -0.480 e. The van der Waals surface area contributed by atoms with E-state index in [1.807, 2.05) is 0 Å². The first-order valence-electron chi connectivity index (χ1n) is 5.92. The molecule has 1 unspecified atom stereocenters. The summed E-state index contributed by atoms with van der Waals surface area (Å²) in [4.78, 5) is 14.3. The summed E-state index contributed by atoms with van der Waals surface area (Å²) in [7, 11) is -4.22. The van der Waals surface area contributed by atoms with Crippen molar-refractivity contribution in [2.45, 2.75) is 30.1 Å². The fourth-order valence-corrected chi connectivity index (χ4v) is 3.66. The van der Waals surface area contributed by atoms with E-state index in [2.05, 4.69) is 4.98 Å². The topological polar surface area (TPSA) is 87.6 Å². The summed E-state index contributed by atoms with van der Waals surface area (Å²) in [5, 5.41) is 8.38. The van der Waals surface area contributed by atoms with Crippen molar-refractivity contribution in [1.82, 2.24) is 9.29 Å². The largest absolute Gasteiger partial charge is 0.480 e. The molecular formula is C11H11F3N2O4S. The number of carboxylic acids is 1. The molecule has 1 aromatic heterocycles. The molecule has 116 valence electrons. The fraction of sp³-hybridized carbons (Fsp3) is 0.455. The normalized spacial score (nSPS) is 20.6. The standard InChI is InChI=1S/C11H11F3N2O4S/c12-11(13,14)7-3-4-9(15-6-7)21(19,20)16-5-1-2-8(16)10(17)18/h3-4,6,8H,1-2,5H2,(H,17,18). The molecule has 1 aliphatic rings. The third kappa shape index (κ3) is 3.00. The van der Waals surface area contributed by atoms with Crippen LogP contribution in [0.4, 0.5) is 13.2 Å². The number of aromatic nitrogens is 1. The average Bonchev–Trinajstić information content (AvgIpc) is 2.88. The van der Waals surface area contributed by atoms with Crippen molar-refractivity contribution in [3.63, 3.8) is 0 Å². The van der Waals surface area contributed by atoms with Gasteiger partial charge in [-0.1, -0.05) is 0 Å². The number of hydrogen-bond donors (Lipinski definition) is 1. The van der Waals surface area contributed by atoms with Gasteiger partial charge in [-0.3, -0.25) is 4.79 Å². The lowest BCUT2D eigenvalue weighted by Crippen LogP contribution is -2.40. The molecule has 1 fully saturated rings. The number of rotatable bonds is 3. The van der Waals surface area contributed by atoms with Gasteiger partial charge in [-0.2, -0.15) is 17.5 Å². The van der Waals surface area contributed by atoms with Crippen LogP contribution in [-0.4, -0.2) is 41.4 Å². The smallest absolute Gasteiger partial charge is 0.417 e. The maximum atomic E-state index is 12.4. The van der Waals surface area contributed by atoms with Gasteiger partial charge in [0.15, 0.2) is 5.03 Å². The molecule has 0 aliphatic carbocycles. The van der Waals surface area contributed by atoms with Crippen molar-refractivity contribution in [3.05, 3.63) is 23.9 Å². The lowest BCUT2D eigenvalue weighted by atomic mass is 10.2. The van der Waals surface area contributed by atoms with Crippen molar-refractivity contribution in [1.29, 1.82) is 0 Å². The number of sulfonamides is 1. The summed E-state index contributed by atoms with van der Waals surface area (Å²) < 4.78 is 62.4. The summed E-state index contributed by atoms with van der Waals surface area (Å²) in [6.45, 7) is 0.00199. The number of hydrogen-bond acceptors (Lipinski definition) is 4. The van der Waals surface area contributed by atoms with Crippen LogP contribution in [0.25, 0.3) is 0 Å². The van der Waals surface area contributed by atoms with E-state index >= 15 is 0 Å². The zero-order chi connectivity index (χ0) is 15.8. The van der Waals surface area contributed by atoms with E-state index in [0.717, 1.165) is 10.4 Å². The molecule has 2 rings (SSSR count). The maximum Gasteiger partial charge on any atom is 0.417 e. The first-order chi connectivity index (χ1) is 9.64. The molecule has 1 saturated heterocycles. The summed E-state index contributed by atoms with van der Waals surface area (Å²) in [6, 6.07) is 0.125. The second-order valence-electron chi connectivity index (χ2n) is 4.49. The SMILES string of the molecule is O=C(O)C1CCCN1S(=O)(=O)c1ccc(C(F)(F)F)cn1. The summed E-state index contributed by atoms with van der Waals surface area (Å²) >= 11 is 0. The monoisotopic (exact) mass is 324 g/mol. The number of pyridine rings is 1.